The summed E-state index contributed by atoms with van der Waals surface area (Å²) in [6, 6.07) is 15.1. The summed E-state index contributed by atoms with van der Waals surface area (Å²) in [5.41, 5.74) is 2.10. The van der Waals surface area contributed by atoms with E-state index in [1.54, 1.807) is 36.0 Å². The summed E-state index contributed by atoms with van der Waals surface area (Å²) in [6.07, 6.45) is 2.13. The standard InChI is InChI=1S/C20H17N5O2S2/c1-28-14-8-6-13(7-9-14)17-12-29-20(21-17)22-18(26)10-11-25-19(27)15-4-2-3-5-16(15)23-24-25/h2-9,12H,10-11H2,1H3,(H,21,22,26). The Balaban J connectivity index is 1.40. The number of hydrogen-bond acceptors (Lipinski definition) is 7. The van der Waals surface area contributed by atoms with Gasteiger partial charge in [-0.1, -0.05) is 29.5 Å². The molecule has 0 saturated heterocycles. The second-order valence-corrected chi connectivity index (χ2v) is 7.94. The van der Waals surface area contributed by atoms with Crippen LogP contribution in [0.5, 0.6) is 0 Å². The number of carbonyl (C=O) groups excluding carboxylic acids is 1. The predicted octanol–water partition coefficient (Wildman–Crippen LogP) is 3.67. The maximum Gasteiger partial charge on any atom is 0.277 e. The minimum Gasteiger partial charge on any atom is -0.302 e. The number of aryl methyl sites for hydroxylation is 1. The molecule has 0 saturated carbocycles. The molecule has 4 aromatic rings. The van der Waals surface area contributed by atoms with Gasteiger partial charge >= 0.3 is 0 Å². The van der Waals surface area contributed by atoms with E-state index < -0.39 is 0 Å². The number of benzene rings is 2. The summed E-state index contributed by atoms with van der Waals surface area (Å²) >= 11 is 3.05. The van der Waals surface area contributed by atoms with Gasteiger partial charge in [-0.2, -0.15) is 0 Å². The van der Waals surface area contributed by atoms with E-state index in [1.165, 1.54) is 20.9 Å². The van der Waals surface area contributed by atoms with Crippen LogP contribution in [0.15, 0.2) is 63.6 Å². The molecule has 2 heterocycles. The third kappa shape index (κ3) is 4.36. The average Bonchev–Trinajstić information content (AvgIpc) is 3.22. The van der Waals surface area contributed by atoms with Gasteiger partial charge in [-0.25, -0.2) is 9.67 Å². The van der Waals surface area contributed by atoms with Crippen LogP contribution in [0.2, 0.25) is 0 Å². The molecule has 0 fully saturated rings. The van der Waals surface area contributed by atoms with Crippen LogP contribution < -0.4 is 10.9 Å². The van der Waals surface area contributed by atoms with Crippen LogP contribution >= 0.6 is 23.1 Å². The van der Waals surface area contributed by atoms with Crippen molar-refractivity contribution >= 4 is 45.0 Å². The number of nitrogens with one attached hydrogen (secondary N) is 1. The first-order valence-electron chi connectivity index (χ1n) is 8.86. The van der Waals surface area contributed by atoms with Crippen molar-refractivity contribution in [3.63, 3.8) is 0 Å². The number of fused-ring (bicyclic) bond motifs is 1. The maximum absolute atomic E-state index is 12.4. The van der Waals surface area contributed by atoms with E-state index in [9.17, 15) is 9.59 Å². The van der Waals surface area contributed by atoms with Gasteiger partial charge in [0.15, 0.2) is 5.13 Å². The topological polar surface area (TPSA) is 89.8 Å². The Morgan fingerprint density at radius 1 is 1.17 bits per heavy atom. The zero-order valence-electron chi connectivity index (χ0n) is 15.5. The fourth-order valence-electron chi connectivity index (χ4n) is 2.78. The van der Waals surface area contributed by atoms with Gasteiger partial charge in [-0.05, 0) is 30.5 Å². The zero-order chi connectivity index (χ0) is 20.2. The number of rotatable bonds is 6. The number of thioether (sulfide) groups is 1. The number of aromatic nitrogens is 4. The molecule has 0 radical (unpaired) electrons. The van der Waals surface area contributed by atoms with Crippen molar-refractivity contribution in [3.8, 4) is 11.3 Å². The fourth-order valence-corrected chi connectivity index (χ4v) is 3.93. The largest absolute Gasteiger partial charge is 0.302 e. The summed E-state index contributed by atoms with van der Waals surface area (Å²) < 4.78 is 1.21. The molecule has 146 valence electrons. The zero-order valence-corrected chi connectivity index (χ0v) is 17.2. The molecule has 7 nitrogen and oxygen atoms in total. The van der Waals surface area contributed by atoms with E-state index in [-0.39, 0.29) is 24.4 Å². The number of carbonyl (C=O) groups is 1. The van der Waals surface area contributed by atoms with Crippen LogP contribution in [0.4, 0.5) is 5.13 Å². The first-order valence-corrected chi connectivity index (χ1v) is 11.0. The molecule has 2 aromatic heterocycles. The SMILES string of the molecule is CSc1ccc(-c2csc(NC(=O)CCn3nnc4ccccc4c3=O)n2)cc1. The predicted molar refractivity (Wildman–Crippen MR) is 116 cm³/mol. The minimum absolute atomic E-state index is 0.101. The number of anilines is 1. The van der Waals surface area contributed by atoms with Crippen LogP contribution in [0, 0.1) is 0 Å². The second kappa shape index (κ2) is 8.54. The monoisotopic (exact) mass is 423 g/mol. The molecule has 4 rings (SSSR count). The number of hydrogen-bond donors (Lipinski definition) is 1. The molecule has 1 N–H and O–H groups in total. The molecule has 2 aromatic carbocycles. The number of nitrogens with zero attached hydrogens (tertiary/aromatic N) is 4. The first-order chi connectivity index (χ1) is 14.1. The Labute approximate surface area is 174 Å². The summed E-state index contributed by atoms with van der Waals surface area (Å²) in [6.45, 7) is 0.150. The number of thiazole rings is 1. The first kappa shape index (κ1) is 19.3. The van der Waals surface area contributed by atoms with Gasteiger partial charge in [0.05, 0.1) is 17.6 Å². The Morgan fingerprint density at radius 2 is 1.97 bits per heavy atom. The Morgan fingerprint density at radius 3 is 2.76 bits per heavy atom. The molecule has 0 bridgehead atoms. The fraction of sp³-hybridized carbons (Fsp3) is 0.150. The lowest BCUT2D eigenvalue weighted by Crippen LogP contribution is -2.26. The lowest BCUT2D eigenvalue weighted by molar-refractivity contribution is -0.116. The maximum atomic E-state index is 12.4. The minimum atomic E-state index is -0.256. The van der Waals surface area contributed by atoms with Crippen LogP contribution in [-0.2, 0) is 11.3 Å². The van der Waals surface area contributed by atoms with Crippen molar-refractivity contribution in [1.29, 1.82) is 0 Å². The summed E-state index contributed by atoms with van der Waals surface area (Å²) in [5.74, 6) is -0.231. The van der Waals surface area contributed by atoms with Crippen molar-refractivity contribution in [2.75, 3.05) is 11.6 Å². The van der Waals surface area contributed by atoms with Gasteiger partial charge < -0.3 is 5.32 Å². The van der Waals surface area contributed by atoms with Gasteiger partial charge in [0.25, 0.3) is 5.56 Å². The lowest BCUT2D eigenvalue weighted by Gasteiger charge is -2.05. The van der Waals surface area contributed by atoms with Crippen molar-refractivity contribution in [2.45, 2.75) is 17.9 Å². The lowest BCUT2D eigenvalue weighted by atomic mass is 10.2. The van der Waals surface area contributed by atoms with E-state index >= 15 is 0 Å². The molecule has 29 heavy (non-hydrogen) atoms. The molecule has 0 aliphatic carbocycles. The Hall–Kier alpha value is -3.04. The van der Waals surface area contributed by atoms with Crippen molar-refractivity contribution in [3.05, 3.63) is 64.3 Å². The van der Waals surface area contributed by atoms with Gasteiger partial charge in [0, 0.05) is 22.3 Å². The smallest absolute Gasteiger partial charge is 0.277 e. The molecular weight excluding hydrogens is 406 g/mol. The van der Waals surface area contributed by atoms with Gasteiger partial charge in [-0.3, -0.25) is 9.59 Å². The quantitative estimate of drug-likeness (QED) is 0.476. The molecule has 1 amide bonds. The van der Waals surface area contributed by atoms with E-state index in [4.69, 9.17) is 0 Å². The van der Waals surface area contributed by atoms with Crippen LogP contribution in [0.3, 0.4) is 0 Å². The molecular formula is C20H17N5O2S2. The molecule has 0 aliphatic rings. The van der Waals surface area contributed by atoms with Crippen LogP contribution in [-0.4, -0.2) is 32.1 Å². The van der Waals surface area contributed by atoms with E-state index in [2.05, 4.69) is 20.6 Å². The highest BCUT2D eigenvalue weighted by atomic mass is 32.2. The molecule has 0 spiro atoms. The summed E-state index contributed by atoms with van der Waals surface area (Å²) in [5, 5.41) is 13.6. The highest BCUT2D eigenvalue weighted by Crippen LogP contribution is 2.26. The highest BCUT2D eigenvalue weighted by molar-refractivity contribution is 7.98. The van der Waals surface area contributed by atoms with E-state index in [0.717, 1.165) is 11.3 Å². The molecule has 0 unspecified atom stereocenters. The highest BCUT2D eigenvalue weighted by Gasteiger charge is 2.10. The molecule has 0 aliphatic heterocycles. The third-order valence-electron chi connectivity index (χ3n) is 4.32. The van der Waals surface area contributed by atoms with Crippen LogP contribution in [0.25, 0.3) is 22.2 Å². The average molecular weight is 424 g/mol. The van der Waals surface area contributed by atoms with Crippen molar-refractivity contribution in [1.82, 2.24) is 20.0 Å². The van der Waals surface area contributed by atoms with Crippen molar-refractivity contribution < 1.29 is 4.79 Å². The van der Waals surface area contributed by atoms with Gasteiger partial charge in [0.1, 0.15) is 5.52 Å². The van der Waals surface area contributed by atoms with E-state index in [0.29, 0.717) is 16.0 Å². The Bertz CT molecular complexity index is 1220. The molecule has 0 atom stereocenters. The second-order valence-electron chi connectivity index (χ2n) is 6.20. The Kier molecular flexibility index (Phi) is 5.68. The number of amides is 1. The third-order valence-corrected chi connectivity index (χ3v) is 5.82. The normalized spacial score (nSPS) is 10.9. The van der Waals surface area contributed by atoms with Crippen molar-refractivity contribution in [2.24, 2.45) is 0 Å². The van der Waals surface area contributed by atoms with Crippen LogP contribution in [0.1, 0.15) is 6.42 Å². The summed E-state index contributed by atoms with van der Waals surface area (Å²) in [7, 11) is 0. The molecule has 9 heteroatoms. The van der Waals surface area contributed by atoms with Gasteiger partial charge in [0.2, 0.25) is 5.91 Å². The summed E-state index contributed by atoms with van der Waals surface area (Å²) in [4.78, 5) is 30.4. The van der Waals surface area contributed by atoms with Gasteiger partial charge in [-0.15, -0.1) is 28.2 Å². The van der Waals surface area contributed by atoms with E-state index in [1.807, 2.05) is 35.9 Å².